The van der Waals surface area contributed by atoms with Crippen LogP contribution < -0.4 is 4.90 Å². The highest BCUT2D eigenvalue weighted by atomic mass is 32.1. The summed E-state index contributed by atoms with van der Waals surface area (Å²) in [6.45, 7) is 2.30. The van der Waals surface area contributed by atoms with Crippen molar-refractivity contribution >= 4 is 21.4 Å². The molecule has 0 amide bonds. The van der Waals surface area contributed by atoms with Gasteiger partial charge in [-0.05, 0) is 24.6 Å². The van der Waals surface area contributed by atoms with E-state index >= 15 is 0 Å². The molecule has 0 radical (unpaired) electrons. The number of nitrogens with zero attached hydrogens (tertiary/aromatic N) is 4. The van der Waals surface area contributed by atoms with Crippen LogP contribution in [0.1, 0.15) is 17.4 Å². The number of anilines is 1. The Morgan fingerprint density at radius 3 is 2.76 bits per heavy atom. The van der Waals surface area contributed by atoms with Gasteiger partial charge in [-0.15, -0.1) is 5.10 Å². The van der Waals surface area contributed by atoms with Crippen molar-refractivity contribution < 1.29 is 9.50 Å². The molecular formula is C14H15FN4OS. The Bertz CT molecular complexity index is 721. The van der Waals surface area contributed by atoms with E-state index in [-0.39, 0.29) is 5.82 Å². The summed E-state index contributed by atoms with van der Waals surface area (Å²) in [4.78, 5) is 7.04. The average molecular weight is 306 g/mol. The van der Waals surface area contributed by atoms with Crippen LogP contribution in [-0.4, -0.2) is 33.3 Å². The Kier molecular flexibility index (Phi) is 3.60. The van der Waals surface area contributed by atoms with Gasteiger partial charge in [0.25, 0.3) is 0 Å². The molecule has 0 saturated carbocycles. The summed E-state index contributed by atoms with van der Waals surface area (Å²) in [6.07, 6.45) is 1.16. The van der Waals surface area contributed by atoms with E-state index in [0.717, 1.165) is 15.8 Å². The van der Waals surface area contributed by atoms with Crippen molar-refractivity contribution in [3.05, 3.63) is 47.5 Å². The molecule has 0 unspecified atom stereocenters. The van der Waals surface area contributed by atoms with E-state index in [9.17, 15) is 9.50 Å². The molecule has 0 saturated heterocycles. The zero-order valence-electron chi connectivity index (χ0n) is 11.7. The van der Waals surface area contributed by atoms with Gasteiger partial charge in [0.05, 0.1) is 18.0 Å². The lowest BCUT2D eigenvalue weighted by molar-refractivity contribution is 0.185. The van der Waals surface area contributed by atoms with E-state index in [4.69, 9.17) is 0 Å². The molecule has 0 aliphatic rings. The summed E-state index contributed by atoms with van der Waals surface area (Å²) in [5.41, 5.74) is 1.61. The lowest BCUT2D eigenvalue weighted by Gasteiger charge is -2.19. The fourth-order valence-corrected chi connectivity index (χ4v) is 2.98. The molecule has 110 valence electrons. The molecule has 5 nitrogen and oxygen atoms in total. The minimum Gasteiger partial charge on any atom is -0.387 e. The van der Waals surface area contributed by atoms with Gasteiger partial charge in [-0.25, -0.2) is 13.9 Å². The molecule has 0 fully saturated rings. The van der Waals surface area contributed by atoms with Gasteiger partial charge in [0.15, 0.2) is 0 Å². The summed E-state index contributed by atoms with van der Waals surface area (Å²) >= 11 is 1.46. The van der Waals surface area contributed by atoms with Gasteiger partial charge in [0, 0.05) is 13.6 Å². The monoisotopic (exact) mass is 306 g/mol. The highest BCUT2D eigenvalue weighted by Crippen LogP contribution is 2.24. The minimum absolute atomic E-state index is 0.309. The van der Waals surface area contributed by atoms with E-state index in [1.165, 1.54) is 23.5 Å². The van der Waals surface area contributed by atoms with Gasteiger partial charge >= 0.3 is 0 Å². The van der Waals surface area contributed by atoms with E-state index in [0.29, 0.717) is 12.1 Å². The number of hydrogen-bond donors (Lipinski definition) is 1. The number of aromatic nitrogens is 3. The van der Waals surface area contributed by atoms with Gasteiger partial charge in [0.2, 0.25) is 10.1 Å². The summed E-state index contributed by atoms with van der Waals surface area (Å²) in [7, 11) is 1.86. The molecule has 2 heterocycles. The van der Waals surface area contributed by atoms with Crippen LogP contribution in [0.15, 0.2) is 30.5 Å². The summed E-state index contributed by atoms with van der Waals surface area (Å²) in [5.74, 6) is -0.309. The highest BCUT2D eigenvalue weighted by Gasteiger charge is 2.15. The number of rotatable bonds is 4. The summed E-state index contributed by atoms with van der Waals surface area (Å²) in [5, 5.41) is 15.4. The van der Waals surface area contributed by atoms with Gasteiger partial charge in [0.1, 0.15) is 5.82 Å². The summed E-state index contributed by atoms with van der Waals surface area (Å²) < 4.78 is 14.6. The zero-order valence-corrected chi connectivity index (χ0v) is 12.5. The van der Waals surface area contributed by atoms with Crippen LogP contribution >= 0.6 is 11.3 Å². The first-order valence-corrected chi connectivity index (χ1v) is 7.32. The Hall–Kier alpha value is -1.99. The van der Waals surface area contributed by atoms with E-state index in [1.807, 2.05) is 25.1 Å². The molecule has 21 heavy (non-hydrogen) atoms. The summed E-state index contributed by atoms with van der Waals surface area (Å²) in [6, 6.07) is 5.87. The van der Waals surface area contributed by atoms with Gasteiger partial charge in [-0.1, -0.05) is 23.5 Å². The van der Waals surface area contributed by atoms with Crippen LogP contribution in [0.25, 0.3) is 4.96 Å². The second kappa shape index (κ2) is 5.42. The second-order valence-electron chi connectivity index (χ2n) is 4.94. The first kappa shape index (κ1) is 14.0. The third-order valence-electron chi connectivity index (χ3n) is 3.18. The number of aliphatic hydroxyl groups is 1. The Morgan fingerprint density at radius 2 is 2.10 bits per heavy atom. The Morgan fingerprint density at radius 1 is 1.38 bits per heavy atom. The number of halogens is 1. The smallest absolute Gasteiger partial charge is 0.214 e. The van der Waals surface area contributed by atoms with Crippen molar-refractivity contribution in [2.75, 3.05) is 18.5 Å². The maximum absolute atomic E-state index is 12.9. The largest absolute Gasteiger partial charge is 0.387 e. The standard InChI is InChI=1S/C14H15FN4OS/c1-9-7-19-13(16-9)21-14(17-19)18(2)8-12(20)10-3-5-11(15)6-4-10/h3-7,12,20H,8H2,1-2H3/t12-/m1/s1. The van der Waals surface area contributed by atoms with E-state index in [1.54, 1.807) is 16.6 Å². The molecule has 0 bridgehead atoms. The minimum atomic E-state index is -0.700. The van der Waals surface area contributed by atoms with E-state index in [2.05, 4.69) is 10.1 Å². The van der Waals surface area contributed by atoms with Crippen LogP contribution in [0.3, 0.4) is 0 Å². The molecule has 2 aromatic heterocycles. The van der Waals surface area contributed by atoms with Crippen molar-refractivity contribution in [3.8, 4) is 0 Å². The van der Waals surface area contributed by atoms with Crippen molar-refractivity contribution in [1.29, 1.82) is 0 Å². The van der Waals surface area contributed by atoms with Crippen LogP contribution in [0.2, 0.25) is 0 Å². The highest BCUT2D eigenvalue weighted by molar-refractivity contribution is 7.20. The molecule has 3 aromatic rings. The molecule has 1 aromatic carbocycles. The fourth-order valence-electron chi connectivity index (χ4n) is 2.08. The molecule has 0 aliphatic heterocycles. The SMILES string of the molecule is Cc1cn2nc(N(C)C[C@@H](O)c3ccc(F)cc3)sc2n1. The van der Waals surface area contributed by atoms with Gasteiger partial charge < -0.3 is 10.0 Å². The molecular weight excluding hydrogens is 291 g/mol. The lowest BCUT2D eigenvalue weighted by atomic mass is 10.1. The van der Waals surface area contributed by atoms with Crippen molar-refractivity contribution in [1.82, 2.24) is 14.6 Å². The van der Waals surface area contributed by atoms with Gasteiger partial charge in [-0.3, -0.25) is 0 Å². The topological polar surface area (TPSA) is 53.7 Å². The average Bonchev–Trinajstić information content (AvgIpc) is 2.96. The third-order valence-corrected chi connectivity index (χ3v) is 4.22. The van der Waals surface area contributed by atoms with Crippen LogP contribution in [0.5, 0.6) is 0 Å². The lowest BCUT2D eigenvalue weighted by Crippen LogP contribution is -2.24. The zero-order chi connectivity index (χ0) is 15.0. The Balaban J connectivity index is 1.73. The quantitative estimate of drug-likeness (QED) is 0.804. The molecule has 1 atom stereocenters. The molecule has 0 spiro atoms. The number of fused-ring (bicyclic) bond motifs is 1. The number of hydrogen-bond acceptors (Lipinski definition) is 5. The van der Waals surface area contributed by atoms with Gasteiger partial charge in [-0.2, -0.15) is 0 Å². The number of aryl methyl sites for hydroxylation is 1. The van der Waals surface area contributed by atoms with E-state index < -0.39 is 6.10 Å². The maximum atomic E-state index is 12.9. The molecule has 1 N–H and O–H groups in total. The number of imidazole rings is 1. The maximum Gasteiger partial charge on any atom is 0.214 e. The van der Waals surface area contributed by atoms with Crippen molar-refractivity contribution in [3.63, 3.8) is 0 Å². The molecule has 3 rings (SSSR count). The molecule has 0 aliphatic carbocycles. The first-order chi connectivity index (χ1) is 10.0. The van der Waals surface area contributed by atoms with Crippen LogP contribution in [0.4, 0.5) is 9.52 Å². The predicted octanol–water partition coefficient (Wildman–Crippen LogP) is 2.41. The predicted molar refractivity (Wildman–Crippen MR) is 80.2 cm³/mol. The number of likely N-dealkylation sites (N-methyl/N-ethyl adjacent to an activating group) is 1. The fraction of sp³-hybridized carbons (Fsp3) is 0.286. The normalized spacial score (nSPS) is 12.8. The number of benzene rings is 1. The number of aliphatic hydroxyl groups excluding tert-OH is 1. The Labute approximate surface area is 125 Å². The van der Waals surface area contributed by atoms with Crippen molar-refractivity contribution in [2.45, 2.75) is 13.0 Å². The van der Waals surface area contributed by atoms with Crippen LogP contribution in [-0.2, 0) is 0 Å². The van der Waals surface area contributed by atoms with Crippen molar-refractivity contribution in [2.24, 2.45) is 0 Å². The first-order valence-electron chi connectivity index (χ1n) is 6.50. The van der Waals surface area contributed by atoms with Crippen LogP contribution in [0, 0.1) is 12.7 Å². The third kappa shape index (κ3) is 2.88. The molecule has 7 heteroatoms. The second-order valence-corrected chi connectivity index (χ2v) is 5.88.